The summed E-state index contributed by atoms with van der Waals surface area (Å²) in [5.41, 5.74) is 0. The quantitative estimate of drug-likeness (QED) is 0.434. The van der Waals surface area contributed by atoms with Crippen molar-refractivity contribution in [2.75, 3.05) is 26.0 Å². The minimum absolute atomic E-state index is 0.0296. The molecule has 1 rings (SSSR count). The van der Waals surface area contributed by atoms with E-state index < -0.39 is 10.0 Å². The molecule has 0 heterocycles. The number of rotatable bonds is 10. The molecule has 0 radical (unpaired) electrons. The average molecular weight is 278 g/mol. The van der Waals surface area contributed by atoms with Crippen LogP contribution in [0.15, 0.2) is 0 Å². The van der Waals surface area contributed by atoms with E-state index in [0.717, 1.165) is 13.0 Å². The van der Waals surface area contributed by atoms with E-state index in [1.807, 2.05) is 0 Å². The minimum atomic E-state index is -3.26. The zero-order chi connectivity index (χ0) is 13.4. The van der Waals surface area contributed by atoms with E-state index >= 15 is 0 Å². The molecule has 0 atom stereocenters. The lowest BCUT2D eigenvalue weighted by atomic mass is 10.3. The van der Waals surface area contributed by atoms with Gasteiger partial charge in [-0.2, -0.15) is 0 Å². The Morgan fingerprint density at radius 2 is 2.00 bits per heavy atom. The number of carbonyl (C=O) groups excluding carboxylic acids is 1. The molecule has 0 bridgehead atoms. The molecule has 1 saturated carbocycles. The Morgan fingerprint density at radius 3 is 2.61 bits per heavy atom. The summed E-state index contributed by atoms with van der Waals surface area (Å²) in [4.78, 5) is 10.8. The molecule has 0 aromatic rings. The van der Waals surface area contributed by atoms with E-state index in [-0.39, 0.29) is 18.1 Å². The molecule has 18 heavy (non-hydrogen) atoms. The maximum atomic E-state index is 11.5. The number of carbonyl (C=O) groups is 1. The molecular formula is C11H22N2O4S. The largest absolute Gasteiger partial charge is 0.469 e. The van der Waals surface area contributed by atoms with Crippen molar-refractivity contribution in [2.45, 2.75) is 38.1 Å². The number of hydrogen-bond donors (Lipinski definition) is 2. The lowest BCUT2D eigenvalue weighted by Gasteiger charge is -2.06. The second kappa shape index (κ2) is 7.70. The number of hydrogen-bond acceptors (Lipinski definition) is 5. The van der Waals surface area contributed by atoms with Gasteiger partial charge in [0.05, 0.1) is 12.9 Å². The number of sulfonamides is 1. The predicted octanol–water partition coefficient (Wildman–Crippen LogP) is 0.00110. The van der Waals surface area contributed by atoms with Crippen molar-refractivity contribution in [3.63, 3.8) is 0 Å². The monoisotopic (exact) mass is 278 g/mol. The average Bonchev–Trinajstić information content (AvgIpc) is 3.12. The molecule has 1 fully saturated rings. The van der Waals surface area contributed by atoms with Crippen LogP contribution in [0.1, 0.15) is 32.1 Å². The fourth-order valence-corrected chi connectivity index (χ4v) is 2.61. The van der Waals surface area contributed by atoms with Gasteiger partial charge in [0, 0.05) is 19.0 Å². The molecule has 106 valence electrons. The molecule has 0 spiro atoms. The molecule has 0 aromatic carbocycles. The van der Waals surface area contributed by atoms with Gasteiger partial charge in [0.15, 0.2) is 0 Å². The third-order valence-corrected chi connectivity index (χ3v) is 4.18. The summed E-state index contributed by atoms with van der Waals surface area (Å²) in [5.74, 6) is -0.406. The van der Waals surface area contributed by atoms with Crippen molar-refractivity contribution >= 4 is 16.0 Å². The first-order valence-corrected chi connectivity index (χ1v) is 7.96. The van der Waals surface area contributed by atoms with Crippen molar-refractivity contribution in [2.24, 2.45) is 0 Å². The van der Waals surface area contributed by atoms with E-state index in [4.69, 9.17) is 0 Å². The van der Waals surface area contributed by atoms with Gasteiger partial charge in [0.2, 0.25) is 10.0 Å². The fourth-order valence-electron chi connectivity index (χ4n) is 1.49. The number of nitrogens with one attached hydrogen (secondary N) is 2. The highest BCUT2D eigenvalue weighted by molar-refractivity contribution is 7.89. The summed E-state index contributed by atoms with van der Waals surface area (Å²) in [6.45, 7) is 1.29. The van der Waals surface area contributed by atoms with Crippen LogP contribution in [0.5, 0.6) is 0 Å². The summed E-state index contributed by atoms with van der Waals surface area (Å²) in [6.07, 6.45) is 3.69. The van der Waals surface area contributed by atoms with Gasteiger partial charge >= 0.3 is 5.97 Å². The van der Waals surface area contributed by atoms with Crippen molar-refractivity contribution in [1.82, 2.24) is 10.0 Å². The fraction of sp³-hybridized carbons (Fsp3) is 0.909. The third kappa shape index (κ3) is 7.62. The SMILES string of the molecule is COC(=O)CCCS(=O)(=O)NCCCNC1CC1. The maximum absolute atomic E-state index is 11.5. The first kappa shape index (κ1) is 15.4. The molecule has 1 aliphatic carbocycles. The Morgan fingerprint density at radius 1 is 1.28 bits per heavy atom. The number of esters is 1. The topological polar surface area (TPSA) is 84.5 Å². The summed E-state index contributed by atoms with van der Waals surface area (Å²) >= 11 is 0. The van der Waals surface area contributed by atoms with Crippen LogP contribution in [0.25, 0.3) is 0 Å². The molecule has 0 aliphatic heterocycles. The molecule has 2 N–H and O–H groups in total. The summed E-state index contributed by atoms with van der Waals surface area (Å²) in [6, 6.07) is 0.654. The van der Waals surface area contributed by atoms with Gasteiger partial charge in [-0.25, -0.2) is 13.1 Å². The maximum Gasteiger partial charge on any atom is 0.305 e. The van der Waals surface area contributed by atoms with Gasteiger partial charge in [-0.3, -0.25) is 4.79 Å². The van der Waals surface area contributed by atoms with Crippen molar-refractivity contribution in [1.29, 1.82) is 0 Å². The smallest absolute Gasteiger partial charge is 0.305 e. The number of ether oxygens (including phenoxy) is 1. The van der Waals surface area contributed by atoms with Crippen LogP contribution in [0, 0.1) is 0 Å². The van der Waals surface area contributed by atoms with Crippen LogP contribution in [0.4, 0.5) is 0 Å². The lowest BCUT2D eigenvalue weighted by Crippen LogP contribution is -2.30. The second-order valence-corrected chi connectivity index (χ2v) is 6.40. The first-order chi connectivity index (χ1) is 8.53. The Bertz CT molecular complexity index is 352. The van der Waals surface area contributed by atoms with Crippen LogP contribution in [0.2, 0.25) is 0 Å². The van der Waals surface area contributed by atoms with Gasteiger partial charge in [-0.05, 0) is 32.2 Å². The first-order valence-electron chi connectivity index (χ1n) is 6.31. The summed E-state index contributed by atoms with van der Waals surface area (Å²) in [7, 11) is -1.96. The van der Waals surface area contributed by atoms with Crippen LogP contribution in [-0.4, -0.2) is 46.4 Å². The molecule has 7 heteroatoms. The molecule has 0 amide bonds. The number of methoxy groups -OCH3 is 1. The van der Waals surface area contributed by atoms with E-state index in [2.05, 4.69) is 14.8 Å². The van der Waals surface area contributed by atoms with Crippen LogP contribution < -0.4 is 10.0 Å². The van der Waals surface area contributed by atoms with Crippen LogP contribution >= 0.6 is 0 Å². The molecule has 1 aliphatic rings. The molecule has 0 aromatic heterocycles. The van der Waals surface area contributed by atoms with Gasteiger partial charge in [-0.15, -0.1) is 0 Å². The molecular weight excluding hydrogens is 256 g/mol. The Kier molecular flexibility index (Phi) is 6.59. The van der Waals surface area contributed by atoms with Gasteiger partial charge < -0.3 is 10.1 Å². The van der Waals surface area contributed by atoms with E-state index in [1.54, 1.807) is 0 Å². The third-order valence-electron chi connectivity index (χ3n) is 2.71. The van der Waals surface area contributed by atoms with Crippen LogP contribution in [-0.2, 0) is 19.6 Å². The zero-order valence-corrected chi connectivity index (χ0v) is 11.6. The van der Waals surface area contributed by atoms with E-state index in [1.165, 1.54) is 20.0 Å². The molecule has 6 nitrogen and oxygen atoms in total. The molecule has 0 unspecified atom stereocenters. The Balaban J connectivity index is 2.01. The highest BCUT2D eigenvalue weighted by atomic mass is 32.2. The molecule has 0 saturated heterocycles. The van der Waals surface area contributed by atoms with Gasteiger partial charge in [-0.1, -0.05) is 0 Å². The minimum Gasteiger partial charge on any atom is -0.469 e. The zero-order valence-electron chi connectivity index (χ0n) is 10.8. The van der Waals surface area contributed by atoms with Crippen molar-refractivity contribution in [3.05, 3.63) is 0 Å². The van der Waals surface area contributed by atoms with Crippen molar-refractivity contribution < 1.29 is 17.9 Å². The van der Waals surface area contributed by atoms with E-state index in [0.29, 0.717) is 19.0 Å². The van der Waals surface area contributed by atoms with Gasteiger partial charge in [0.25, 0.3) is 0 Å². The predicted molar refractivity (Wildman–Crippen MR) is 68.7 cm³/mol. The standard InChI is InChI=1S/C11H22N2O4S/c1-17-11(14)4-2-9-18(15,16)13-8-3-7-12-10-5-6-10/h10,12-13H,2-9H2,1H3. The lowest BCUT2D eigenvalue weighted by molar-refractivity contribution is -0.140. The highest BCUT2D eigenvalue weighted by Gasteiger charge is 2.19. The summed E-state index contributed by atoms with van der Waals surface area (Å²) < 4.78 is 30.0. The summed E-state index contributed by atoms with van der Waals surface area (Å²) in [5, 5.41) is 3.31. The van der Waals surface area contributed by atoms with Crippen LogP contribution in [0.3, 0.4) is 0 Å². The Hall–Kier alpha value is -0.660. The van der Waals surface area contributed by atoms with Gasteiger partial charge in [0.1, 0.15) is 0 Å². The second-order valence-electron chi connectivity index (χ2n) is 4.47. The highest BCUT2D eigenvalue weighted by Crippen LogP contribution is 2.18. The van der Waals surface area contributed by atoms with Crippen molar-refractivity contribution in [3.8, 4) is 0 Å². The normalized spacial score (nSPS) is 15.6. The Labute approximate surface area is 109 Å². The van der Waals surface area contributed by atoms with E-state index in [9.17, 15) is 13.2 Å².